The molecular formula is C42H60ClN5O8S2. The molecule has 320 valence electrons. The maximum absolute atomic E-state index is 13.5. The summed E-state index contributed by atoms with van der Waals surface area (Å²) < 4.78 is 72.2. The van der Waals surface area contributed by atoms with Gasteiger partial charge in [-0.25, -0.2) is 26.8 Å². The van der Waals surface area contributed by atoms with Gasteiger partial charge in [0.15, 0.2) is 0 Å². The number of halogens is 1. The van der Waals surface area contributed by atoms with Gasteiger partial charge in [0.25, 0.3) is 9.05 Å². The van der Waals surface area contributed by atoms with Gasteiger partial charge in [0.2, 0.25) is 10.0 Å². The number of piperidine rings is 1. The van der Waals surface area contributed by atoms with Crippen LogP contribution in [0.1, 0.15) is 98.6 Å². The zero-order valence-electron chi connectivity index (χ0n) is 35.0. The van der Waals surface area contributed by atoms with Gasteiger partial charge in [0, 0.05) is 74.1 Å². The first-order chi connectivity index (χ1) is 27.3. The first-order valence-electron chi connectivity index (χ1n) is 20.6. The van der Waals surface area contributed by atoms with Gasteiger partial charge >= 0.3 is 5.97 Å². The number of aromatic nitrogens is 4. The van der Waals surface area contributed by atoms with E-state index in [1.54, 1.807) is 31.2 Å². The molecule has 7 rings (SSSR count). The second-order valence-electron chi connectivity index (χ2n) is 17.9. The van der Waals surface area contributed by atoms with Gasteiger partial charge in [-0.15, -0.1) is 0 Å². The van der Waals surface area contributed by atoms with Gasteiger partial charge in [-0.05, 0) is 93.7 Å². The number of carbonyl (C=O) groups excluding carboxylic acids is 1. The quantitative estimate of drug-likeness (QED) is 0.123. The van der Waals surface area contributed by atoms with E-state index in [-0.39, 0.29) is 33.1 Å². The van der Waals surface area contributed by atoms with Gasteiger partial charge in [-0.1, -0.05) is 41.5 Å². The molecule has 13 nitrogen and oxygen atoms in total. The summed E-state index contributed by atoms with van der Waals surface area (Å²) in [6.45, 7) is 20.3. The number of esters is 1. The summed E-state index contributed by atoms with van der Waals surface area (Å²) in [6, 6.07) is 10.2. The standard InChI is InChI=1S/C25H37N3O5S.C17H23ClN2O3S/c1-5-33-23(29)19-7-6-12-27(17-19)34(30,31)20-8-9-22-21(15-20)26-24(25(2,3)4)28(22)16-18-10-13-32-14-11-18;1-17(2,3)16-19-14-10-13(24(18,21)22)4-5-15(14)20(16)11-12-6-8-23-9-7-12/h8-9,15,18-19H,5-7,10-14,16-17H2,1-4H3;4-5,10,12H,6-9,11H2,1-3H3. The lowest BCUT2D eigenvalue weighted by Gasteiger charge is -2.30. The van der Waals surface area contributed by atoms with Crippen LogP contribution in [0.2, 0.25) is 0 Å². The van der Waals surface area contributed by atoms with E-state index in [1.165, 1.54) is 4.31 Å². The summed E-state index contributed by atoms with van der Waals surface area (Å²) in [4.78, 5) is 22.2. The highest BCUT2D eigenvalue weighted by molar-refractivity contribution is 8.13. The van der Waals surface area contributed by atoms with Crippen molar-refractivity contribution in [3.63, 3.8) is 0 Å². The molecule has 3 saturated heterocycles. The maximum Gasteiger partial charge on any atom is 0.310 e. The van der Waals surface area contributed by atoms with E-state index >= 15 is 0 Å². The van der Waals surface area contributed by atoms with Crippen LogP contribution in [0.3, 0.4) is 0 Å². The molecule has 2 aromatic carbocycles. The Labute approximate surface area is 348 Å². The summed E-state index contributed by atoms with van der Waals surface area (Å²) in [7, 11) is -2.02. The molecule has 3 fully saturated rings. The third-order valence-electron chi connectivity index (χ3n) is 11.3. The van der Waals surface area contributed by atoms with Crippen molar-refractivity contribution in [2.24, 2.45) is 17.8 Å². The minimum absolute atomic E-state index is 0.0906. The molecule has 0 bridgehead atoms. The zero-order chi connectivity index (χ0) is 42.0. The minimum atomic E-state index is -3.75. The maximum atomic E-state index is 13.5. The van der Waals surface area contributed by atoms with Crippen LogP contribution in [0.25, 0.3) is 22.1 Å². The summed E-state index contributed by atoms with van der Waals surface area (Å²) in [5, 5.41) is 0. The van der Waals surface area contributed by atoms with E-state index in [1.807, 2.05) is 12.1 Å². The predicted molar refractivity (Wildman–Crippen MR) is 225 cm³/mol. The number of hydrogen-bond acceptors (Lipinski definition) is 10. The van der Waals surface area contributed by atoms with Crippen LogP contribution < -0.4 is 0 Å². The lowest BCUT2D eigenvalue weighted by molar-refractivity contribution is -0.149. The van der Waals surface area contributed by atoms with E-state index in [0.29, 0.717) is 48.9 Å². The number of sulfonamides is 1. The van der Waals surface area contributed by atoms with Crippen LogP contribution >= 0.6 is 10.7 Å². The molecular weight excluding hydrogens is 802 g/mol. The van der Waals surface area contributed by atoms with Crippen molar-refractivity contribution < 1.29 is 35.8 Å². The van der Waals surface area contributed by atoms with Crippen LogP contribution in [-0.2, 0) is 62.0 Å². The van der Waals surface area contributed by atoms with Crippen molar-refractivity contribution in [2.45, 2.75) is 121 Å². The van der Waals surface area contributed by atoms with Crippen molar-refractivity contribution in [3.05, 3.63) is 48.0 Å². The second-order valence-corrected chi connectivity index (χ2v) is 22.4. The topological polar surface area (TPSA) is 152 Å². The Kier molecular flexibility index (Phi) is 13.7. The molecule has 3 aliphatic rings. The number of nitrogens with zero attached hydrogens (tertiary/aromatic N) is 5. The van der Waals surface area contributed by atoms with E-state index in [2.05, 4.69) is 50.7 Å². The lowest BCUT2D eigenvalue weighted by Crippen LogP contribution is -2.42. The first kappa shape index (κ1) is 44.5. The number of fused-ring (bicyclic) bond motifs is 2. The van der Waals surface area contributed by atoms with Crippen molar-refractivity contribution in [1.29, 1.82) is 0 Å². The van der Waals surface area contributed by atoms with Crippen molar-refractivity contribution >= 4 is 57.8 Å². The van der Waals surface area contributed by atoms with E-state index in [0.717, 1.165) is 87.9 Å². The fourth-order valence-corrected chi connectivity index (χ4v) is 10.5. The van der Waals surface area contributed by atoms with Gasteiger partial charge in [0.1, 0.15) is 11.6 Å². The molecule has 0 spiro atoms. The molecule has 4 aromatic rings. The molecule has 2 aromatic heterocycles. The van der Waals surface area contributed by atoms with Crippen molar-refractivity contribution in [2.75, 3.05) is 46.1 Å². The average Bonchev–Trinajstić information content (AvgIpc) is 3.74. The molecule has 58 heavy (non-hydrogen) atoms. The summed E-state index contributed by atoms with van der Waals surface area (Å²) in [5.41, 5.74) is 2.97. The Hall–Kier alpha value is -3.08. The molecule has 1 unspecified atom stereocenters. The fraction of sp³-hybridized carbons (Fsp3) is 0.643. The van der Waals surface area contributed by atoms with Crippen LogP contribution in [0, 0.1) is 17.8 Å². The molecule has 0 radical (unpaired) electrons. The Balaban J connectivity index is 0.000000208. The van der Waals surface area contributed by atoms with Crippen LogP contribution in [0.15, 0.2) is 46.2 Å². The van der Waals surface area contributed by atoms with Crippen LogP contribution in [0.4, 0.5) is 0 Å². The third-order valence-corrected chi connectivity index (χ3v) is 14.5. The van der Waals surface area contributed by atoms with E-state index in [9.17, 15) is 21.6 Å². The predicted octanol–water partition coefficient (Wildman–Crippen LogP) is 7.41. The molecule has 16 heteroatoms. The molecule has 1 atom stereocenters. The number of carbonyl (C=O) groups is 1. The number of rotatable bonds is 9. The number of imidazole rings is 2. The Morgan fingerprint density at radius 1 is 0.759 bits per heavy atom. The monoisotopic (exact) mass is 861 g/mol. The van der Waals surface area contributed by atoms with Crippen LogP contribution in [-0.4, -0.2) is 92.3 Å². The lowest BCUT2D eigenvalue weighted by atomic mass is 9.94. The van der Waals surface area contributed by atoms with Gasteiger partial charge < -0.3 is 23.3 Å². The molecule has 0 aliphatic carbocycles. The molecule has 0 amide bonds. The summed E-state index contributed by atoms with van der Waals surface area (Å²) >= 11 is 0. The Morgan fingerprint density at radius 3 is 1.67 bits per heavy atom. The first-order valence-corrected chi connectivity index (χ1v) is 24.3. The minimum Gasteiger partial charge on any atom is -0.466 e. The zero-order valence-corrected chi connectivity index (χ0v) is 37.4. The van der Waals surface area contributed by atoms with Crippen molar-refractivity contribution in [1.82, 2.24) is 23.4 Å². The second kappa shape index (κ2) is 17.9. The van der Waals surface area contributed by atoms with Gasteiger partial charge in [-0.2, -0.15) is 4.31 Å². The molecule has 5 heterocycles. The Bertz CT molecular complexity index is 2300. The largest absolute Gasteiger partial charge is 0.466 e. The smallest absolute Gasteiger partial charge is 0.310 e. The normalized spacial score (nSPS) is 19.6. The van der Waals surface area contributed by atoms with E-state index in [4.69, 9.17) is 34.9 Å². The number of benzene rings is 2. The number of ether oxygens (including phenoxy) is 3. The summed E-state index contributed by atoms with van der Waals surface area (Å²) in [6.07, 6.45) is 5.40. The summed E-state index contributed by atoms with van der Waals surface area (Å²) in [5.74, 6) is 2.26. The highest BCUT2D eigenvalue weighted by atomic mass is 35.7. The SMILES string of the molecule is CC(C)(C)c1nc2cc(S(=O)(=O)Cl)ccc2n1CC1CCOCC1.CCOC(=O)C1CCCN(S(=O)(=O)c2ccc3c(c2)nc(C(C)(C)C)n3CC2CCOCC2)C1. The third kappa shape index (κ3) is 10.3. The van der Waals surface area contributed by atoms with Crippen LogP contribution in [0.5, 0.6) is 0 Å². The van der Waals surface area contributed by atoms with Gasteiger partial charge in [-0.3, -0.25) is 4.79 Å². The molecule has 3 aliphatic heterocycles. The fourth-order valence-electron chi connectivity index (χ4n) is 8.18. The van der Waals surface area contributed by atoms with E-state index < -0.39 is 25.0 Å². The Morgan fingerprint density at radius 2 is 1.22 bits per heavy atom. The number of hydrogen-bond donors (Lipinski definition) is 0. The highest BCUT2D eigenvalue weighted by Gasteiger charge is 2.35. The highest BCUT2D eigenvalue weighted by Crippen LogP contribution is 2.33. The molecule has 0 N–H and O–H groups in total. The average molecular weight is 863 g/mol. The van der Waals surface area contributed by atoms with Gasteiger partial charge in [0.05, 0.1) is 44.4 Å². The van der Waals surface area contributed by atoms with Crippen molar-refractivity contribution in [3.8, 4) is 0 Å². The molecule has 0 saturated carbocycles.